The van der Waals surface area contributed by atoms with Gasteiger partial charge in [-0.3, -0.25) is 0 Å². The molecule has 0 fully saturated rings. The minimum atomic E-state index is -4.68. The zero-order chi connectivity index (χ0) is 20.0. The van der Waals surface area contributed by atoms with E-state index in [2.05, 4.69) is 9.97 Å². The summed E-state index contributed by atoms with van der Waals surface area (Å²) in [5.74, 6) is -1.64. The Labute approximate surface area is 153 Å². The maximum absolute atomic E-state index is 13.5. The van der Waals surface area contributed by atoms with E-state index in [0.717, 1.165) is 6.26 Å². The van der Waals surface area contributed by atoms with E-state index in [1.807, 2.05) is 0 Å². The molecule has 144 valence electrons. The van der Waals surface area contributed by atoms with Crippen LogP contribution in [0, 0.1) is 12.7 Å². The highest BCUT2D eigenvalue weighted by Gasteiger charge is 2.36. The molecule has 0 radical (unpaired) electrons. The smallest absolute Gasteiger partial charge is 0.334 e. The number of alkyl halides is 3. The summed E-state index contributed by atoms with van der Waals surface area (Å²) in [6.07, 6.45) is 1.02. The van der Waals surface area contributed by atoms with Gasteiger partial charge < -0.3 is 4.98 Å². The van der Waals surface area contributed by atoms with Crippen LogP contribution < -0.4 is 0 Å². The molecule has 1 unspecified atom stereocenters. The molecule has 0 bridgehead atoms. The highest BCUT2D eigenvalue weighted by atomic mass is 32.2. The zero-order valence-electron chi connectivity index (χ0n) is 14.4. The number of sulfone groups is 1. The molecule has 2 aromatic rings. The number of aromatic amines is 1. The average Bonchev–Trinajstić information content (AvgIpc) is 3.02. The fourth-order valence-electron chi connectivity index (χ4n) is 2.82. The Morgan fingerprint density at radius 3 is 2.48 bits per heavy atom. The average molecular weight is 400 g/mol. The SMILES string of the molecule is Cc1cc(-c2nc(C(F)(F)F)[nH]c2C2=CCC(S(C)(=O)=O)C=C2)ccc1F. The number of benzene rings is 1. The molecule has 1 N–H and O–H groups in total. The monoisotopic (exact) mass is 400 g/mol. The minimum Gasteiger partial charge on any atom is -0.334 e. The van der Waals surface area contributed by atoms with Gasteiger partial charge in [0.15, 0.2) is 9.84 Å². The molecule has 1 aliphatic carbocycles. The molecule has 3 rings (SSSR count). The van der Waals surface area contributed by atoms with E-state index in [4.69, 9.17) is 0 Å². The van der Waals surface area contributed by atoms with Crippen LogP contribution in [0.3, 0.4) is 0 Å². The van der Waals surface area contributed by atoms with Crippen LogP contribution >= 0.6 is 0 Å². The van der Waals surface area contributed by atoms with Crippen LogP contribution in [-0.2, 0) is 16.0 Å². The quantitative estimate of drug-likeness (QED) is 0.782. The summed E-state index contributed by atoms with van der Waals surface area (Å²) in [5.41, 5.74) is 1.14. The molecule has 0 amide bonds. The first-order valence-electron chi connectivity index (χ1n) is 7.98. The molecular formula is C18H16F4N2O2S. The molecule has 0 spiro atoms. The molecule has 0 aliphatic heterocycles. The van der Waals surface area contributed by atoms with Gasteiger partial charge in [0.1, 0.15) is 5.82 Å². The van der Waals surface area contributed by atoms with Gasteiger partial charge in [0.25, 0.3) is 0 Å². The Bertz CT molecular complexity index is 1050. The van der Waals surface area contributed by atoms with Crippen molar-refractivity contribution in [1.29, 1.82) is 0 Å². The summed E-state index contributed by atoms with van der Waals surface area (Å²) in [5, 5.41) is -0.720. The van der Waals surface area contributed by atoms with E-state index in [1.54, 1.807) is 6.08 Å². The fourth-order valence-corrected chi connectivity index (χ4v) is 3.63. The molecule has 1 aromatic carbocycles. The van der Waals surface area contributed by atoms with Gasteiger partial charge >= 0.3 is 6.18 Å². The molecule has 1 aromatic heterocycles. The highest BCUT2D eigenvalue weighted by molar-refractivity contribution is 7.91. The molecular weight excluding hydrogens is 384 g/mol. The minimum absolute atomic E-state index is 0.0270. The lowest BCUT2D eigenvalue weighted by Gasteiger charge is -2.14. The van der Waals surface area contributed by atoms with Crippen LogP contribution in [0.2, 0.25) is 0 Å². The van der Waals surface area contributed by atoms with Crippen LogP contribution in [0.5, 0.6) is 0 Å². The number of hydrogen-bond donors (Lipinski definition) is 1. The summed E-state index contributed by atoms with van der Waals surface area (Å²) < 4.78 is 76.3. The van der Waals surface area contributed by atoms with Gasteiger partial charge in [-0.25, -0.2) is 17.8 Å². The Balaban J connectivity index is 2.10. The van der Waals surface area contributed by atoms with E-state index >= 15 is 0 Å². The van der Waals surface area contributed by atoms with Gasteiger partial charge in [-0.15, -0.1) is 0 Å². The number of hydrogen-bond acceptors (Lipinski definition) is 3. The van der Waals surface area contributed by atoms with Gasteiger partial charge in [0.2, 0.25) is 5.82 Å². The normalized spacial score (nSPS) is 17.9. The first-order chi connectivity index (χ1) is 12.5. The topological polar surface area (TPSA) is 62.8 Å². The summed E-state index contributed by atoms with van der Waals surface area (Å²) >= 11 is 0. The van der Waals surface area contributed by atoms with Crippen molar-refractivity contribution in [3.63, 3.8) is 0 Å². The molecule has 0 saturated carbocycles. The summed E-state index contributed by atoms with van der Waals surface area (Å²) in [4.78, 5) is 5.95. The second kappa shape index (κ2) is 6.63. The van der Waals surface area contributed by atoms with Crippen molar-refractivity contribution in [2.24, 2.45) is 0 Å². The van der Waals surface area contributed by atoms with Crippen molar-refractivity contribution in [1.82, 2.24) is 9.97 Å². The predicted octanol–water partition coefficient (Wildman–Crippen LogP) is 4.30. The maximum Gasteiger partial charge on any atom is 0.449 e. The summed E-state index contributed by atoms with van der Waals surface area (Å²) in [6.45, 7) is 1.51. The van der Waals surface area contributed by atoms with Crippen molar-refractivity contribution in [3.8, 4) is 11.3 Å². The van der Waals surface area contributed by atoms with Crippen molar-refractivity contribution in [2.75, 3.05) is 6.26 Å². The number of allylic oxidation sites excluding steroid dienone is 3. The third-order valence-electron chi connectivity index (χ3n) is 4.30. The Hall–Kier alpha value is -2.42. The number of nitrogens with zero attached hydrogens (tertiary/aromatic N) is 1. The van der Waals surface area contributed by atoms with Crippen molar-refractivity contribution in [3.05, 3.63) is 59.3 Å². The van der Waals surface area contributed by atoms with Gasteiger partial charge in [-0.2, -0.15) is 13.2 Å². The second-order valence-corrected chi connectivity index (χ2v) is 8.66. The Morgan fingerprint density at radius 1 is 1.26 bits per heavy atom. The van der Waals surface area contributed by atoms with Crippen LogP contribution in [0.4, 0.5) is 17.6 Å². The van der Waals surface area contributed by atoms with Crippen molar-refractivity contribution >= 4 is 15.4 Å². The standard InChI is InChI=1S/C18H16F4N2O2S/c1-10-9-12(5-8-14(10)19)16-15(23-17(24-16)18(20,21)22)11-3-6-13(7-4-11)27(2,25)26/h3-6,8-9,13H,7H2,1-2H3,(H,23,24). The Morgan fingerprint density at radius 2 is 1.96 bits per heavy atom. The first-order valence-corrected chi connectivity index (χ1v) is 9.93. The van der Waals surface area contributed by atoms with Gasteiger partial charge in [-0.1, -0.05) is 18.2 Å². The highest BCUT2D eigenvalue weighted by Crippen LogP contribution is 2.36. The van der Waals surface area contributed by atoms with Gasteiger partial charge in [0, 0.05) is 11.8 Å². The molecule has 9 heteroatoms. The number of aryl methyl sites for hydroxylation is 1. The lowest BCUT2D eigenvalue weighted by atomic mass is 9.99. The van der Waals surface area contributed by atoms with Crippen LogP contribution in [0.15, 0.2) is 36.4 Å². The van der Waals surface area contributed by atoms with E-state index in [9.17, 15) is 26.0 Å². The van der Waals surface area contributed by atoms with Crippen molar-refractivity contribution < 1.29 is 26.0 Å². The van der Waals surface area contributed by atoms with E-state index in [-0.39, 0.29) is 23.4 Å². The largest absolute Gasteiger partial charge is 0.449 e. The maximum atomic E-state index is 13.5. The van der Waals surface area contributed by atoms with Gasteiger partial charge in [0.05, 0.1) is 16.6 Å². The van der Waals surface area contributed by atoms with E-state index < -0.39 is 32.9 Å². The van der Waals surface area contributed by atoms with E-state index in [0.29, 0.717) is 11.1 Å². The third-order valence-corrected chi connectivity index (χ3v) is 5.75. The lowest BCUT2D eigenvalue weighted by molar-refractivity contribution is -0.144. The number of aromatic nitrogens is 2. The van der Waals surface area contributed by atoms with E-state index in [1.165, 1.54) is 37.3 Å². The number of nitrogens with one attached hydrogen (secondary N) is 1. The molecule has 1 heterocycles. The molecule has 1 aliphatic rings. The van der Waals surface area contributed by atoms with Crippen LogP contribution in [0.25, 0.3) is 16.8 Å². The molecule has 4 nitrogen and oxygen atoms in total. The second-order valence-electron chi connectivity index (χ2n) is 6.39. The predicted molar refractivity (Wildman–Crippen MR) is 94.1 cm³/mol. The number of rotatable bonds is 3. The molecule has 0 saturated heterocycles. The molecule has 27 heavy (non-hydrogen) atoms. The van der Waals surface area contributed by atoms with Gasteiger partial charge in [-0.05, 0) is 42.7 Å². The molecule has 1 atom stereocenters. The summed E-state index contributed by atoms with van der Waals surface area (Å²) in [7, 11) is -3.30. The van der Waals surface area contributed by atoms with Crippen LogP contribution in [-0.4, -0.2) is 29.9 Å². The first kappa shape index (κ1) is 19.3. The zero-order valence-corrected chi connectivity index (χ0v) is 15.2. The van der Waals surface area contributed by atoms with Crippen molar-refractivity contribution in [2.45, 2.75) is 24.8 Å². The fraction of sp³-hybridized carbons (Fsp3) is 0.278. The number of H-pyrrole nitrogens is 1. The number of imidazole rings is 1. The van der Waals surface area contributed by atoms with Crippen LogP contribution in [0.1, 0.15) is 23.5 Å². The number of halogens is 4. The third kappa shape index (κ3) is 3.97. The summed E-state index contributed by atoms with van der Waals surface area (Å²) in [6, 6.07) is 3.94. The lowest BCUT2D eigenvalue weighted by Crippen LogP contribution is -2.18. The Kier molecular flexibility index (Phi) is 4.75.